The van der Waals surface area contributed by atoms with Crippen molar-refractivity contribution in [1.29, 1.82) is 0 Å². The Balaban J connectivity index is 2.45. The molecule has 2 aromatic rings. The number of hydrogen-bond donors (Lipinski definition) is 0. The maximum absolute atomic E-state index is 13.2. The molecule has 0 aromatic heterocycles. The number of nitro groups is 1. The van der Waals surface area contributed by atoms with Crippen LogP contribution in [0.2, 0.25) is 5.02 Å². The molecule has 5 nitrogen and oxygen atoms in total. The van der Waals surface area contributed by atoms with Crippen LogP contribution in [0.4, 0.5) is 10.1 Å². The first-order chi connectivity index (χ1) is 9.88. The first kappa shape index (κ1) is 14.9. The molecule has 108 valence electrons. The first-order valence-corrected chi connectivity index (χ1v) is 6.18. The number of nitrogens with zero attached hydrogens (tertiary/aromatic N) is 1. The van der Waals surface area contributed by atoms with E-state index in [9.17, 15) is 19.3 Å². The van der Waals surface area contributed by atoms with E-state index in [-0.39, 0.29) is 27.8 Å². The standard InChI is InChI=1S/C14H9ClFNO4/c1-8(18)11-6-9(16)2-5-13(11)21-14-7-10(17(19)20)3-4-12(14)15/h2-7H,1H3. The summed E-state index contributed by atoms with van der Waals surface area (Å²) in [5.74, 6) is -0.894. The Morgan fingerprint density at radius 2 is 1.95 bits per heavy atom. The summed E-state index contributed by atoms with van der Waals surface area (Å²) in [5.41, 5.74) is -0.182. The van der Waals surface area contributed by atoms with Crippen molar-refractivity contribution in [3.8, 4) is 11.5 Å². The predicted octanol–water partition coefficient (Wildman–Crippen LogP) is 4.38. The zero-order valence-electron chi connectivity index (χ0n) is 10.8. The molecule has 0 N–H and O–H groups in total. The van der Waals surface area contributed by atoms with Crippen LogP contribution in [0.25, 0.3) is 0 Å². The van der Waals surface area contributed by atoms with Crippen LogP contribution in [0.1, 0.15) is 17.3 Å². The second-order valence-electron chi connectivity index (χ2n) is 4.17. The van der Waals surface area contributed by atoms with Crippen molar-refractivity contribution in [2.24, 2.45) is 0 Å². The van der Waals surface area contributed by atoms with Crippen LogP contribution in [-0.4, -0.2) is 10.7 Å². The number of ketones is 1. The van der Waals surface area contributed by atoms with Gasteiger partial charge in [-0.25, -0.2) is 4.39 Å². The highest BCUT2D eigenvalue weighted by Gasteiger charge is 2.15. The van der Waals surface area contributed by atoms with Gasteiger partial charge in [-0.2, -0.15) is 0 Å². The van der Waals surface area contributed by atoms with E-state index < -0.39 is 16.5 Å². The SMILES string of the molecule is CC(=O)c1cc(F)ccc1Oc1cc([N+](=O)[O-])ccc1Cl. The molecular weight excluding hydrogens is 301 g/mol. The lowest BCUT2D eigenvalue weighted by atomic mass is 10.1. The molecule has 0 radical (unpaired) electrons. The summed E-state index contributed by atoms with van der Waals surface area (Å²) >= 11 is 5.91. The summed E-state index contributed by atoms with van der Waals surface area (Å²) in [6.07, 6.45) is 0. The van der Waals surface area contributed by atoms with Crippen molar-refractivity contribution in [3.63, 3.8) is 0 Å². The normalized spacial score (nSPS) is 10.2. The van der Waals surface area contributed by atoms with Crippen LogP contribution in [0.3, 0.4) is 0 Å². The molecule has 0 unspecified atom stereocenters. The number of benzene rings is 2. The molecule has 0 atom stereocenters. The third kappa shape index (κ3) is 3.35. The lowest BCUT2D eigenvalue weighted by Crippen LogP contribution is -1.99. The highest BCUT2D eigenvalue weighted by Crippen LogP contribution is 2.34. The molecule has 0 fully saturated rings. The van der Waals surface area contributed by atoms with Gasteiger partial charge in [0.15, 0.2) is 11.5 Å². The quantitative estimate of drug-likeness (QED) is 0.477. The van der Waals surface area contributed by atoms with Crippen molar-refractivity contribution in [1.82, 2.24) is 0 Å². The Hall–Kier alpha value is -2.47. The van der Waals surface area contributed by atoms with Crippen molar-refractivity contribution >= 4 is 23.1 Å². The Kier molecular flexibility index (Phi) is 4.18. The fourth-order valence-electron chi connectivity index (χ4n) is 1.67. The summed E-state index contributed by atoms with van der Waals surface area (Å²) in [7, 11) is 0. The molecule has 0 aliphatic carbocycles. The minimum absolute atomic E-state index is 0.0139. The van der Waals surface area contributed by atoms with Crippen molar-refractivity contribution in [2.45, 2.75) is 6.92 Å². The number of carbonyl (C=O) groups is 1. The van der Waals surface area contributed by atoms with Gasteiger partial charge in [-0.1, -0.05) is 11.6 Å². The van der Waals surface area contributed by atoms with Crippen molar-refractivity contribution in [3.05, 3.63) is 62.9 Å². The number of non-ortho nitro benzene ring substituents is 1. The van der Waals surface area contributed by atoms with Crippen LogP contribution in [0.15, 0.2) is 36.4 Å². The van der Waals surface area contributed by atoms with Gasteiger partial charge in [0.05, 0.1) is 21.6 Å². The number of Topliss-reactive ketones (excluding diaryl/α,β-unsaturated/α-hetero) is 1. The van der Waals surface area contributed by atoms with Crippen LogP contribution < -0.4 is 4.74 Å². The summed E-state index contributed by atoms with van der Waals surface area (Å²) in [6, 6.07) is 7.09. The zero-order valence-corrected chi connectivity index (χ0v) is 11.6. The smallest absolute Gasteiger partial charge is 0.273 e. The predicted molar refractivity (Wildman–Crippen MR) is 74.6 cm³/mol. The number of nitro benzene ring substituents is 1. The van der Waals surface area contributed by atoms with E-state index in [2.05, 4.69) is 0 Å². The van der Waals surface area contributed by atoms with Gasteiger partial charge in [0.25, 0.3) is 5.69 Å². The van der Waals surface area contributed by atoms with Crippen LogP contribution in [0.5, 0.6) is 11.5 Å². The lowest BCUT2D eigenvalue weighted by Gasteiger charge is -2.10. The third-order valence-electron chi connectivity index (χ3n) is 2.67. The number of carbonyl (C=O) groups excluding carboxylic acids is 1. The molecule has 0 aliphatic heterocycles. The summed E-state index contributed by atoms with van der Waals surface area (Å²) < 4.78 is 18.6. The van der Waals surface area contributed by atoms with Gasteiger partial charge in [0.2, 0.25) is 0 Å². The topological polar surface area (TPSA) is 69.4 Å². The number of rotatable bonds is 4. The maximum atomic E-state index is 13.2. The molecular formula is C14H9ClFNO4. The lowest BCUT2D eigenvalue weighted by molar-refractivity contribution is -0.384. The molecule has 0 heterocycles. The third-order valence-corrected chi connectivity index (χ3v) is 2.98. The molecule has 0 saturated heterocycles. The van der Waals surface area contributed by atoms with Gasteiger partial charge in [-0.05, 0) is 31.2 Å². The number of ether oxygens (including phenoxy) is 1. The zero-order chi connectivity index (χ0) is 15.6. The van der Waals surface area contributed by atoms with Gasteiger partial charge in [-0.15, -0.1) is 0 Å². The monoisotopic (exact) mass is 309 g/mol. The molecule has 2 aromatic carbocycles. The van der Waals surface area contributed by atoms with Gasteiger partial charge < -0.3 is 4.74 Å². The number of hydrogen-bond acceptors (Lipinski definition) is 4. The minimum Gasteiger partial charge on any atom is -0.455 e. The molecule has 0 aliphatic rings. The van der Waals surface area contributed by atoms with Crippen LogP contribution in [0, 0.1) is 15.9 Å². The minimum atomic E-state index is -0.597. The van der Waals surface area contributed by atoms with E-state index in [0.717, 1.165) is 18.2 Å². The second-order valence-corrected chi connectivity index (χ2v) is 4.58. The van der Waals surface area contributed by atoms with Crippen LogP contribution >= 0.6 is 11.6 Å². The average Bonchev–Trinajstić information content (AvgIpc) is 2.42. The fourth-order valence-corrected chi connectivity index (χ4v) is 1.82. The molecule has 7 heteroatoms. The van der Waals surface area contributed by atoms with Crippen molar-refractivity contribution in [2.75, 3.05) is 0 Å². The second kappa shape index (κ2) is 5.88. The van der Waals surface area contributed by atoms with Gasteiger partial charge in [-0.3, -0.25) is 14.9 Å². The van der Waals surface area contributed by atoms with Crippen molar-refractivity contribution < 1.29 is 18.8 Å². The van der Waals surface area contributed by atoms with E-state index in [1.54, 1.807) is 0 Å². The average molecular weight is 310 g/mol. The van der Waals surface area contributed by atoms with Crippen LogP contribution in [-0.2, 0) is 0 Å². The molecule has 0 spiro atoms. The van der Waals surface area contributed by atoms with E-state index >= 15 is 0 Å². The Labute approximate surface area is 124 Å². The van der Waals surface area contributed by atoms with E-state index in [1.807, 2.05) is 0 Å². The maximum Gasteiger partial charge on any atom is 0.273 e. The molecule has 0 amide bonds. The highest BCUT2D eigenvalue weighted by atomic mass is 35.5. The summed E-state index contributed by atoms with van der Waals surface area (Å²) in [6.45, 7) is 1.26. The van der Waals surface area contributed by atoms with Gasteiger partial charge >= 0.3 is 0 Å². The van der Waals surface area contributed by atoms with Gasteiger partial charge in [0.1, 0.15) is 11.6 Å². The first-order valence-electron chi connectivity index (χ1n) is 5.81. The highest BCUT2D eigenvalue weighted by molar-refractivity contribution is 6.32. The number of halogens is 2. The summed E-state index contributed by atoms with van der Waals surface area (Å²) in [5, 5.41) is 10.9. The molecule has 0 saturated carbocycles. The van der Waals surface area contributed by atoms with E-state index in [4.69, 9.17) is 16.3 Å². The Morgan fingerprint density at radius 3 is 2.57 bits per heavy atom. The van der Waals surface area contributed by atoms with Gasteiger partial charge in [0, 0.05) is 6.07 Å². The van der Waals surface area contributed by atoms with E-state index in [1.165, 1.54) is 25.1 Å². The summed E-state index contributed by atoms with van der Waals surface area (Å²) in [4.78, 5) is 21.6. The molecule has 2 rings (SSSR count). The molecule has 0 bridgehead atoms. The van der Waals surface area contributed by atoms with E-state index in [0.29, 0.717) is 0 Å². The largest absolute Gasteiger partial charge is 0.455 e. The Morgan fingerprint density at radius 1 is 1.24 bits per heavy atom. The fraction of sp³-hybridized carbons (Fsp3) is 0.0714. The Bertz CT molecular complexity index is 733. The molecule has 21 heavy (non-hydrogen) atoms.